The summed E-state index contributed by atoms with van der Waals surface area (Å²) in [5.41, 5.74) is 0. The summed E-state index contributed by atoms with van der Waals surface area (Å²) in [6.45, 7) is 0.651. The lowest BCUT2D eigenvalue weighted by atomic mass is 10.2. The molecular weight excluding hydrogens is 280 g/mol. The lowest BCUT2D eigenvalue weighted by molar-refractivity contribution is -0.128. The Morgan fingerprint density at radius 2 is 2.22 bits per heavy atom. The van der Waals surface area contributed by atoms with E-state index in [4.69, 9.17) is 16.3 Å². The summed E-state index contributed by atoms with van der Waals surface area (Å²) in [5, 5.41) is 2.46. The smallest absolute Gasteiger partial charge is 0.240 e. The number of sulfonamides is 1. The molecule has 1 N–H and O–H groups in total. The molecule has 8 heteroatoms. The fourth-order valence-electron chi connectivity index (χ4n) is 1.79. The molecule has 0 aliphatic carbocycles. The van der Waals surface area contributed by atoms with E-state index in [9.17, 15) is 13.2 Å². The Morgan fingerprint density at radius 1 is 1.50 bits per heavy atom. The Labute approximate surface area is 113 Å². The highest BCUT2D eigenvalue weighted by Gasteiger charge is 2.36. The van der Waals surface area contributed by atoms with E-state index in [-0.39, 0.29) is 24.8 Å². The van der Waals surface area contributed by atoms with Crippen LogP contribution in [0, 0.1) is 0 Å². The van der Waals surface area contributed by atoms with Crippen molar-refractivity contribution in [1.29, 1.82) is 0 Å². The lowest BCUT2D eigenvalue weighted by Crippen LogP contribution is -2.55. The molecule has 6 nitrogen and oxygen atoms in total. The minimum absolute atomic E-state index is 0.0210. The quantitative estimate of drug-likeness (QED) is 0.543. The summed E-state index contributed by atoms with van der Waals surface area (Å²) in [5.74, 6) is 0.126. The number of hydrogen-bond acceptors (Lipinski definition) is 4. The second kappa shape index (κ2) is 7.28. The van der Waals surface area contributed by atoms with Crippen LogP contribution in [0.2, 0.25) is 0 Å². The minimum atomic E-state index is -3.43. The van der Waals surface area contributed by atoms with Crippen molar-refractivity contribution < 1.29 is 17.9 Å². The fraction of sp³-hybridized carbons (Fsp3) is 0.900. The predicted molar refractivity (Wildman–Crippen MR) is 69.1 cm³/mol. The van der Waals surface area contributed by atoms with Crippen LogP contribution in [-0.2, 0) is 19.6 Å². The average molecular weight is 299 g/mol. The molecule has 1 saturated heterocycles. The van der Waals surface area contributed by atoms with Gasteiger partial charge in [-0.2, -0.15) is 4.31 Å². The molecule has 0 aromatic heterocycles. The number of rotatable bonds is 6. The molecule has 1 atom stereocenters. The second-order valence-corrected chi connectivity index (χ2v) is 6.45. The number of halogens is 1. The van der Waals surface area contributed by atoms with Gasteiger partial charge in [0, 0.05) is 19.5 Å². The summed E-state index contributed by atoms with van der Waals surface area (Å²) >= 11 is 5.53. The molecule has 18 heavy (non-hydrogen) atoms. The molecule has 1 aliphatic rings. The van der Waals surface area contributed by atoms with Gasteiger partial charge in [0.25, 0.3) is 0 Å². The first kappa shape index (κ1) is 15.7. The van der Waals surface area contributed by atoms with Crippen molar-refractivity contribution in [2.75, 3.05) is 38.4 Å². The topological polar surface area (TPSA) is 75.7 Å². The zero-order chi connectivity index (χ0) is 13.6. The third-order valence-corrected chi connectivity index (χ3v) is 5.00. The molecule has 0 spiro atoms. The summed E-state index contributed by atoms with van der Waals surface area (Å²) in [7, 11) is -1.94. The van der Waals surface area contributed by atoms with Gasteiger partial charge >= 0.3 is 0 Å². The lowest BCUT2D eigenvalue weighted by Gasteiger charge is -2.33. The molecule has 1 rings (SSSR count). The third-order valence-electron chi connectivity index (χ3n) is 2.77. The van der Waals surface area contributed by atoms with Crippen LogP contribution in [0.4, 0.5) is 0 Å². The number of hydrogen-bond donors (Lipinski definition) is 1. The van der Waals surface area contributed by atoms with Gasteiger partial charge in [0.15, 0.2) is 0 Å². The van der Waals surface area contributed by atoms with Crippen molar-refractivity contribution in [2.45, 2.75) is 18.9 Å². The molecule has 106 valence electrons. The molecule has 0 aromatic rings. The van der Waals surface area contributed by atoms with Crippen LogP contribution in [0.15, 0.2) is 0 Å². The summed E-state index contributed by atoms with van der Waals surface area (Å²) in [6, 6.07) is -0.759. The van der Waals surface area contributed by atoms with Gasteiger partial charge in [-0.15, -0.1) is 11.6 Å². The van der Waals surface area contributed by atoms with Gasteiger partial charge in [-0.25, -0.2) is 8.42 Å². The first-order valence-corrected chi connectivity index (χ1v) is 8.02. The second-order valence-electron chi connectivity index (χ2n) is 4.03. The maximum Gasteiger partial charge on any atom is 0.240 e. The molecule has 0 aromatic carbocycles. The molecule has 1 heterocycles. The van der Waals surface area contributed by atoms with Crippen LogP contribution < -0.4 is 5.32 Å². The summed E-state index contributed by atoms with van der Waals surface area (Å²) in [4.78, 5) is 11.6. The van der Waals surface area contributed by atoms with Crippen molar-refractivity contribution in [3.63, 3.8) is 0 Å². The summed E-state index contributed by atoms with van der Waals surface area (Å²) in [6.07, 6.45) is 1.15. The summed E-state index contributed by atoms with van der Waals surface area (Å²) < 4.78 is 30.7. The Bertz CT molecular complexity index is 374. The highest BCUT2D eigenvalue weighted by Crippen LogP contribution is 2.14. The molecule has 1 fully saturated rings. The zero-order valence-corrected chi connectivity index (χ0v) is 12.0. The van der Waals surface area contributed by atoms with Gasteiger partial charge < -0.3 is 10.1 Å². The van der Waals surface area contributed by atoms with Gasteiger partial charge in [0.05, 0.1) is 19.0 Å². The Balaban J connectivity index is 2.73. The van der Waals surface area contributed by atoms with Crippen molar-refractivity contribution in [2.24, 2.45) is 0 Å². The Morgan fingerprint density at radius 3 is 2.83 bits per heavy atom. The number of morpholine rings is 1. The van der Waals surface area contributed by atoms with E-state index >= 15 is 0 Å². The van der Waals surface area contributed by atoms with E-state index in [1.807, 2.05) is 0 Å². The highest BCUT2D eigenvalue weighted by atomic mass is 35.5. The van der Waals surface area contributed by atoms with Crippen LogP contribution in [-0.4, -0.2) is 63.1 Å². The standard InChI is InChI=1S/C10H19ClN2O4S/c1-12-10(14)9-8-17-6-5-13(9)18(15,16)7-3-2-4-11/h9H,2-8H2,1H3,(H,12,14). The van der Waals surface area contributed by atoms with Gasteiger partial charge in [0.2, 0.25) is 15.9 Å². The van der Waals surface area contributed by atoms with Gasteiger partial charge in [-0.3, -0.25) is 4.79 Å². The van der Waals surface area contributed by atoms with Crippen molar-refractivity contribution in [3.05, 3.63) is 0 Å². The Hall–Kier alpha value is -0.370. The molecule has 1 unspecified atom stereocenters. The number of amides is 1. The number of ether oxygens (including phenoxy) is 1. The minimum Gasteiger partial charge on any atom is -0.378 e. The zero-order valence-electron chi connectivity index (χ0n) is 10.4. The van der Waals surface area contributed by atoms with Crippen LogP contribution in [0.5, 0.6) is 0 Å². The largest absolute Gasteiger partial charge is 0.378 e. The van der Waals surface area contributed by atoms with E-state index in [0.717, 1.165) is 0 Å². The number of carbonyl (C=O) groups excluding carboxylic acids is 1. The van der Waals surface area contributed by atoms with Crippen LogP contribution in [0.3, 0.4) is 0 Å². The van der Waals surface area contributed by atoms with E-state index in [1.165, 1.54) is 11.4 Å². The number of nitrogens with zero attached hydrogens (tertiary/aromatic N) is 1. The van der Waals surface area contributed by atoms with E-state index in [1.54, 1.807) is 0 Å². The van der Waals surface area contributed by atoms with Crippen LogP contribution in [0.1, 0.15) is 12.8 Å². The third kappa shape index (κ3) is 4.08. The van der Waals surface area contributed by atoms with Gasteiger partial charge in [-0.05, 0) is 12.8 Å². The monoisotopic (exact) mass is 298 g/mol. The molecule has 0 radical (unpaired) electrons. The molecule has 1 aliphatic heterocycles. The van der Waals surface area contributed by atoms with Crippen LogP contribution >= 0.6 is 11.6 Å². The number of likely N-dealkylation sites (N-methyl/N-ethyl adjacent to an activating group) is 1. The van der Waals surface area contributed by atoms with Crippen molar-refractivity contribution in [1.82, 2.24) is 9.62 Å². The van der Waals surface area contributed by atoms with Crippen molar-refractivity contribution >= 4 is 27.5 Å². The van der Waals surface area contributed by atoms with E-state index in [2.05, 4.69) is 5.32 Å². The average Bonchev–Trinajstić information content (AvgIpc) is 2.38. The van der Waals surface area contributed by atoms with E-state index in [0.29, 0.717) is 25.3 Å². The molecule has 0 saturated carbocycles. The van der Waals surface area contributed by atoms with Crippen molar-refractivity contribution in [3.8, 4) is 0 Å². The number of alkyl halides is 1. The molecule has 0 bridgehead atoms. The Kier molecular flexibility index (Phi) is 6.34. The number of unbranched alkanes of at least 4 members (excludes halogenated alkanes) is 1. The fourth-order valence-corrected chi connectivity index (χ4v) is 3.68. The number of carbonyl (C=O) groups is 1. The predicted octanol–water partition coefficient (Wildman–Crippen LogP) is -0.218. The number of nitrogens with one attached hydrogen (secondary N) is 1. The maximum absolute atomic E-state index is 12.1. The molecular formula is C10H19ClN2O4S. The van der Waals surface area contributed by atoms with Crippen LogP contribution in [0.25, 0.3) is 0 Å². The van der Waals surface area contributed by atoms with E-state index < -0.39 is 16.1 Å². The first-order valence-electron chi connectivity index (χ1n) is 5.87. The first-order chi connectivity index (χ1) is 8.53. The highest BCUT2D eigenvalue weighted by molar-refractivity contribution is 7.89. The molecule has 1 amide bonds. The maximum atomic E-state index is 12.1. The SMILES string of the molecule is CNC(=O)C1COCCN1S(=O)(=O)CCCCCl. The van der Waals surface area contributed by atoms with Gasteiger partial charge in [-0.1, -0.05) is 0 Å². The normalized spacial score (nSPS) is 21.8. The van der Waals surface area contributed by atoms with Gasteiger partial charge in [0.1, 0.15) is 6.04 Å².